The molecule has 0 bridgehead atoms. The van der Waals surface area contributed by atoms with Crippen molar-refractivity contribution >= 4 is 17.7 Å². The van der Waals surface area contributed by atoms with Crippen LogP contribution in [0.5, 0.6) is 23.0 Å². The van der Waals surface area contributed by atoms with Gasteiger partial charge in [0.1, 0.15) is 0 Å². The zero-order valence-corrected chi connectivity index (χ0v) is 16.3. The van der Waals surface area contributed by atoms with Gasteiger partial charge in [-0.1, -0.05) is 11.8 Å². The van der Waals surface area contributed by atoms with E-state index in [1.165, 1.54) is 0 Å². The Kier molecular flexibility index (Phi) is 8.77. The Morgan fingerprint density at radius 2 is 1.11 bits per heavy atom. The quantitative estimate of drug-likeness (QED) is 0.737. The number of ether oxygens (including phenoxy) is 4. The van der Waals surface area contributed by atoms with Gasteiger partial charge >= 0.3 is 12.1 Å². The van der Waals surface area contributed by atoms with Crippen LogP contribution in [0.15, 0.2) is 46.2 Å². The molecule has 10 heteroatoms. The molecule has 0 aliphatic carbocycles. The van der Waals surface area contributed by atoms with Gasteiger partial charge in [-0.25, -0.2) is 4.79 Å². The summed E-state index contributed by atoms with van der Waals surface area (Å²) in [5.74, 6) is 0.0989. The maximum absolute atomic E-state index is 10.6. The average molecular weight is 420 g/mol. The lowest BCUT2D eigenvalue weighted by Gasteiger charge is -2.11. The number of benzene rings is 2. The highest BCUT2D eigenvalue weighted by molar-refractivity contribution is 7.99. The minimum Gasteiger partial charge on any atom is -0.493 e. The van der Waals surface area contributed by atoms with E-state index in [2.05, 4.69) is 0 Å². The number of alkyl halides is 3. The molecule has 0 aromatic heterocycles. The fraction of sp³-hybridized carbons (Fsp3) is 0.278. The monoisotopic (exact) mass is 420 g/mol. The van der Waals surface area contributed by atoms with Gasteiger partial charge in [0.2, 0.25) is 0 Å². The number of methoxy groups -OCH3 is 4. The minimum atomic E-state index is -5.08. The molecule has 0 radical (unpaired) electrons. The van der Waals surface area contributed by atoms with Crippen LogP contribution < -0.4 is 18.9 Å². The van der Waals surface area contributed by atoms with Crippen molar-refractivity contribution in [1.82, 2.24) is 0 Å². The second kappa shape index (κ2) is 10.5. The van der Waals surface area contributed by atoms with Crippen molar-refractivity contribution in [2.75, 3.05) is 28.4 Å². The van der Waals surface area contributed by atoms with Gasteiger partial charge in [-0.2, -0.15) is 13.2 Å². The fourth-order valence-corrected chi connectivity index (χ4v) is 2.77. The van der Waals surface area contributed by atoms with Crippen molar-refractivity contribution < 1.29 is 42.0 Å². The van der Waals surface area contributed by atoms with E-state index in [1.54, 1.807) is 40.2 Å². The lowest BCUT2D eigenvalue weighted by molar-refractivity contribution is -0.192. The van der Waals surface area contributed by atoms with Gasteiger partial charge in [0.05, 0.1) is 28.4 Å². The molecule has 0 aliphatic heterocycles. The van der Waals surface area contributed by atoms with Crippen molar-refractivity contribution in [1.29, 1.82) is 0 Å². The first-order valence-electron chi connectivity index (χ1n) is 7.58. The molecule has 1 N–H and O–H groups in total. The molecule has 154 valence electrons. The van der Waals surface area contributed by atoms with Crippen LogP contribution in [-0.4, -0.2) is 45.7 Å². The number of carboxylic acids is 1. The number of hydrogen-bond donors (Lipinski definition) is 1. The molecule has 0 fully saturated rings. The molecule has 2 rings (SSSR count). The lowest BCUT2D eigenvalue weighted by atomic mass is 10.3. The van der Waals surface area contributed by atoms with E-state index >= 15 is 0 Å². The Morgan fingerprint density at radius 3 is 1.36 bits per heavy atom. The Bertz CT molecular complexity index is 742. The normalized spacial score (nSPS) is 10.4. The summed E-state index contributed by atoms with van der Waals surface area (Å²) in [5, 5.41) is 7.12. The third-order valence-corrected chi connectivity index (χ3v) is 4.17. The highest BCUT2D eigenvalue weighted by Crippen LogP contribution is 2.38. The van der Waals surface area contributed by atoms with Crippen molar-refractivity contribution in [3.05, 3.63) is 36.4 Å². The summed E-state index contributed by atoms with van der Waals surface area (Å²) in [6.07, 6.45) is -5.08. The zero-order chi connectivity index (χ0) is 21.3. The molecular weight excluding hydrogens is 401 g/mol. The van der Waals surface area contributed by atoms with Crippen LogP contribution in [0.25, 0.3) is 0 Å². The van der Waals surface area contributed by atoms with Crippen molar-refractivity contribution in [3.8, 4) is 23.0 Å². The topological polar surface area (TPSA) is 74.2 Å². The fourth-order valence-electron chi connectivity index (χ4n) is 1.90. The summed E-state index contributed by atoms with van der Waals surface area (Å²) in [7, 11) is 6.50. The zero-order valence-electron chi connectivity index (χ0n) is 15.5. The standard InChI is InChI=1S/C16H18O4S.C2HF3O2/c1-17-13-7-5-11(9-15(13)19-3)21-12-6-8-14(18-2)16(10-12)20-4;3-2(4,5)1(6)7/h5-10H,1-4H3;(H,6,7). The molecule has 2 aromatic carbocycles. The van der Waals surface area contributed by atoms with E-state index in [4.69, 9.17) is 28.8 Å². The molecule has 28 heavy (non-hydrogen) atoms. The first-order chi connectivity index (χ1) is 13.2. The predicted molar refractivity (Wildman–Crippen MR) is 96.9 cm³/mol. The van der Waals surface area contributed by atoms with Crippen LogP contribution >= 0.6 is 11.8 Å². The molecular formula is C18H19F3O6S. The molecule has 0 amide bonds. The molecule has 0 unspecified atom stereocenters. The van der Waals surface area contributed by atoms with Crippen LogP contribution in [0.1, 0.15) is 0 Å². The second-order valence-electron chi connectivity index (χ2n) is 4.94. The van der Waals surface area contributed by atoms with E-state index in [1.807, 2.05) is 36.4 Å². The number of rotatable bonds is 6. The summed E-state index contributed by atoms with van der Waals surface area (Å²) in [6.45, 7) is 0. The largest absolute Gasteiger partial charge is 0.493 e. The summed E-state index contributed by atoms with van der Waals surface area (Å²) in [5.41, 5.74) is 0. The summed E-state index contributed by atoms with van der Waals surface area (Å²) in [4.78, 5) is 11.0. The third-order valence-electron chi connectivity index (χ3n) is 3.19. The van der Waals surface area contributed by atoms with Gasteiger partial charge in [0, 0.05) is 9.79 Å². The van der Waals surface area contributed by atoms with E-state index in [9.17, 15) is 13.2 Å². The van der Waals surface area contributed by atoms with Gasteiger partial charge in [-0.15, -0.1) is 0 Å². The second-order valence-corrected chi connectivity index (χ2v) is 6.09. The van der Waals surface area contributed by atoms with Gasteiger partial charge < -0.3 is 24.1 Å². The van der Waals surface area contributed by atoms with E-state index < -0.39 is 12.1 Å². The van der Waals surface area contributed by atoms with Crippen LogP contribution in [0.4, 0.5) is 13.2 Å². The predicted octanol–water partition coefficient (Wildman–Crippen LogP) is 4.51. The molecule has 2 aromatic rings. The number of halogens is 3. The van der Waals surface area contributed by atoms with Gasteiger partial charge in [0.15, 0.2) is 23.0 Å². The molecule has 0 saturated carbocycles. The van der Waals surface area contributed by atoms with E-state index in [0.717, 1.165) is 9.79 Å². The van der Waals surface area contributed by atoms with Crippen LogP contribution in [0.3, 0.4) is 0 Å². The van der Waals surface area contributed by atoms with Crippen LogP contribution in [-0.2, 0) is 4.79 Å². The number of carbonyl (C=O) groups is 1. The van der Waals surface area contributed by atoms with Gasteiger partial charge in [-0.3, -0.25) is 0 Å². The lowest BCUT2D eigenvalue weighted by Crippen LogP contribution is -2.21. The molecule has 0 heterocycles. The molecule has 6 nitrogen and oxygen atoms in total. The van der Waals surface area contributed by atoms with Crippen molar-refractivity contribution in [2.45, 2.75) is 16.0 Å². The van der Waals surface area contributed by atoms with Gasteiger partial charge in [0.25, 0.3) is 0 Å². The number of aliphatic carboxylic acids is 1. The van der Waals surface area contributed by atoms with Crippen LogP contribution in [0, 0.1) is 0 Å². The first-order valence-corrected chi connectivity index (χ1v) is 8.39. The molecule has 0 aliphatic rings. The number of hydrogen-bond acceptors (Lipinski definition) is 6. The maximum atomic E-state index is 10.6. The first kappa shape index (κ1) is 23.3. The van der Waals surface area contributed by atoms with Gasteiger partial charge in [-0.05, 0) is 36.4 Å². The SMILES string of the molecule is COc1ccc(Sc2ccc(OC)c(OC)c2)cc1OC.O=C(O)C(F)(F)F. The van der Waals surface area contributed by atoms with Crippen molar-refractivity contribution in [2.24, 2.45) is 0 Å². The highest BCUT2D eigenvalue weighted by atomic mass is 32.2. The van der Waals surface area contributed by atoms with E-state index in [0.29, 0.717) is 23.0 Å². The molecule has 0 atom stereocenters. The average Bonchev–Trinajstić information content (AvgIpc) is 2.67. The molecule has 0 saturated heterocycles. The summed E-state index contributed by atoms with van der Waals surface area (Å²) >= 11 is 1.61. The highest BCUT2D eigenvalue weighted by Gasteiger charge is 2.38. The molecule has 0 spiro atoms. The Hall–Kier alpha value is -2.75. The maximum Gasteiger partial charge on any atom is 0.490 e. The Morgan fingerprint density at radius 1 is 0.786 bits per heavy atom. The van der Waals surface area contributed by atoms with Crippen LogP contribution in [0.2, 0.25) is 0 Å². The van der Waals surface area contributed by atoms with E-state index in [-0.39, 0.29) is 0 Å². The summed E-state index contributed by atoms with van der Waals surface area (Å²) < 4.78 is 52.8. The minimum absolute atomic E-state index is 0.711. The number of carboxylic acid groups (broad SMARTS) is 1. The third kappa shape index (κ3) is 6.76. The Labute approximate surface area is 164 Å². The summed E-state index contributed by atoms with van der Waals surface area (Å²) in [6, 6.07) is 11.6. The smallest absolute Gasteiger partial charge is 0.490 e. The van der Waals surface area contributed by atoms with Crippen molar-refractivity contribution in [3.63, 3.8) is 0 Å². The Balaban J connectivity index is 0.000000480.